The summed E-state index contributed by atoms with van der Waals surface area (Å²) in [5.74, 6) is -0.962. The van der Waals surface area contributed by atoms with Gasteiger partial charge < -0.3 is 14.5 Å². The number of hydrogen-bond acceptors (Lipinski definition) is 3. The Labute approximate surface area is 193 Å². The smallest absolute Gasteiger partial charge is 0.159 e. The summed E-state index contributed by atoms with van der Waals surface area (Å²) in [5, 5.41) is 0.314. The highest BCUT2D eigenvalue weighted by atomic mass is 35.5. The van der Waals surface area contributed by atoms with E-state index in [0.717, 1.165) is 12.1 Å². The molecule has 1 heterocycles. The van der Waals surface area contributed by atoms with Gasteiger partial charge in [-0.1, -0.05) is 17.7 Å². The maximum Gasteiger partial charge on any atom is 0.159 e. The summed E-state index contributed by atoms with van der Waals surface area (Å²) in [6.07, 6.45) is 1.57. The Morgan fingerprint density at radius 2 is 1.75 bits per heavy atom. The van der Waals surface area contributed by atoms with Gasteiger partial charge in [0, 0.05) is 27.8 Å². The minimum Gasteiger partial charge on any atom is -0.496 e. The molecule has 0 amide bonds. The lowest BCUT2D eigenvalue weighted by molar-refractivity contribution is 0.297. The average Bonchev–Trinajstić information content (AvgIpc) is 3.25. The van der Waals surface area contributed by atoms with Gasteiger partial charge in [0.15, 0.2) is 11.6 Å². The van der Waals surface area contributed by atoms with Crippen LogP contribution in [-0.4, -0.2) is 17.1 Å². The highest BCUT2D eigenvalue weighted by Gasteiger charge is 2.13. The summed E-state index contributed by atoms with van der Waals surface area (Å²) >= 11 is 5.76. The van der Waals surface area contributed by atoms with Crippen LogP contribution in [0.5, 0.6) is 11.5 Å². The van der Waals surface area contributed by atoms with Crippen molar-refractivity contribution in [1.29, 1.82) is 0 Å². The second kappa shape index (κ2) is 9.97. The molecule has 4 rings (SSSR count). The number of nitrogens with zero attached hydrogens (tertiary/aromatic N) is 1. The number of nitrogens with one attached hydrogen (secondary N) is 1. The Balaban J connectivity index is 0.00000289. The molecule has 0 saturated carbocycles. The molecule has 1 N–H and O–H groups in total. The standard InChI is InChI=1S/C23H16ClF3N2O2.ClH/c1-30-22-10-16(31-12-14-2-4-15(24)9-19(14)26)5-6-17(22)21-11-28-23(29-21)13-3-7-18(25)20(27)8-13;/h2-11H,12H2,1H3,(H,28,29);1H. The third-order valence-electron chi connectivity index (χ3n) is 4.64. The molecular weight excluding hydrogens is 464 g/mol. The fourth-order valence-electron chi connectivity index (χ4n) is 3.03. The Bertz CT molecular complexity index is 1250. The zero-order valence-corrected chi connectivity index (χ0v) is 18.2. The van der Waals surface area contributed by atoms with Gasteiger partial charge in [-0.2, -0.15) is 0 Å². The van der Waals surface area contributed by atoms with Crippen molar-refractivity contribution in [2.24, 2.45) is 0 Å². The van der Waals surface area contributed by atoms with E-state index in [2.05, 4.69) is 9.97 Å². The monoisotopic (exact) mass is 480 g/mol. The summed E-state index contributed by atoms with van der Waals surface area (Å²) in [5.41, 5.74) is 2.09. The summed E-state index contributed by atoms with van der Waals surface area (Å²) in [6, 6.07) is 13.1. The zero-order valence-electron chi connectivity index (χ0n) is 16.7. The number of rotatable bonds is 6. The van der Waals surface area contributed by atoms with Crippen LogP contribution in [0.4, 0.5) is 13.2 Å². The average molecular weight is 481 g/mol. The van der Waals surface area contributed by atoms with Crippen LogP contribution in [0.25, 0.3) is 22.6 Å². The second-order valence-electron chi connectivity index (χ2n) is 6.66. The van der Waals surface area contributed by atoms with Crippen molar-refractivity contribution in [3.8, 4) is 34.1 Å². The van der Waals surface area contributed by atoms with E-state index in [1.54, 1.807) is 36.5 Å². The van der Waals surface area contributed by atoms with E-state index in [-0.39, 0.29) is 19.0 Å². The van der Waals surface area contributed by atoms with Gasteiger partial charge in [-0.15, -0.1) is 12.4 Å². The van der Waals surface area contributed by atoms with E-state index in [0.29, 0.717) is 44.7 Å². The fraction of sp³-hybridized carbons (Fsp3) is 0.0870. The van der Waals surface area contributed by atoms with Crippen LogP contribution in [0.2, 0.25) is 5.02 Å². The molecule has 4 nitrogen and oxygen atoms in total. The molecule has 3 aromatic carbocycles. The largest absolute Gasteiger partial charge is 0.496 e. The molecule has 0 fully saturated rings. The summed E-state index contributed by atoms with van der Waals surface area (Å²) in [4.78, 5) is 7.31. The van der Waals surface area contributed by atoms with Gasteiger partial charge in [0.1, 0.15) is 29.7 Å². The van der Waals surface area contributed by atoms with E-state index >= 15 is 0 Å². The summed E-state index contributed by atoms with van der Waals surface area (Å²) in [7, 11) is 1.51. The number of hydrogen-bond donors (Lipinski definition) is 1. The van der Waals surface area contributed by atoms with E-state index < -0.39 is 17.5 Å². The van der Waals surface area contributed by atoms with Crippen molar-refractivity contribution < 1.29 is 22.6 Å². The number of aromatic nitrogens is 2. The van der Waals surface area contributed by atoms with Gasteiger partial charge in [0.2, 0.25) is 0 Å². The number of benzene rings is 3. The second-order valence-corrected chi connectivity index (χ2v) is 7.10. The Morgan fingerprint density at radius 3 is 2.47 bits per heavy atom. The van der Waals surface area contributed by atoms with Gasteiger partial charge in [0.05, 0.1) is 19.0 Å². The molecule has 0 radical (unpaired) electrons. The Kier molecular flexibility index (Phi) is 7.33. The molecule has 0 aliphatic carbocycles. The number of methoxy groups -OCH3 is 1. The van der Waals surface area contributed by atoms with Crippen LogP contribution < -0.4 is 9.47 Å². The minimum absolute atomic E-state index is 0. The van der Waals surface area contributed by atoms with E-state index in [1.807, 2.05) is 0 Å². The molecule has 0 bridgehead atoms. The van der Waals surface area contributed by atoms with Crippen molar-refractivity contribution in [2.75, 3.05) is 7.11 Å². The van der Waals surface area contributed by atoms with Crippen LogP contribution in [0.1, 0.15) is 5.56 Å². The number of halogens is 5. The molecule has 32 heavy (non-hydrogen) atoms. The lowest BCUT2D eigenvalue weighted by Gasteiger charge is -2.11. The quantitative estimate of drug-likeness (QED) is 0.329. The summed E-state index contributed by atoms with van der Waals surface area (Å²) in [6.45, 7) is 0.0237. The van der Waals surface area contributed by atoms with Crippen LogP contribution in [0.3, 0.4) is 0 Å². The molecule has 4 aromatic rings. The molecule has 0 saturated heterocycles. The molecule has 0 atom stereocenters. The number of ether oxygens (including phenoxy) is 2. The van der Waals surface area contributed by atoms with Gasteiger partial charge in [-0.3, -0.25) is 0 Å². The summed E-state index contributed by atoms with van der Waals surface area (Å²) < 4.78 is 51.7. The molecule has 0 aliphatic heterocycles. The molecule has 9 heteroatoms. The molecule has 0 spiro atoms. The topological polar surface area (TPSA) is 47.1 Å². The molecule has 0 aliphatic rings. The first-order chi connectivity index (χ1) is 14.9. The first-order valence-electron chi connectivity index (χ1n) is 9.20. The van der Waals surface area contributed by atoms with Crippen LogP contribution in [0, 0.1) is 17.5 Å². The minimum atomic E-state index is -0.952. The Hall–Kier alpha value is -3.16. The van der Waals surface area contributed by atoms with E-state index in [4.69, 9.17) is 21.1 Å². The third kappa shape index (κ3) is 5.00. The van der Waals surface area contributed by atoms with Gasteiger partial charge in [0.25, 0.3) is 0 Å². The zero-order chi connectivity index (χ0) is 22.0. The third-order valence-corrected chi connectivity index (χ3v) is 4.88. The molecule has 166 valence electrons. The molecular formula is C23H17Cl2F3N2O2. The van der Waals surface area contributed by atoms with E-state index in [1.165, 1.54) is 19.2 Å². The van der Waals surface area contributed by atoms with Crippen molar-refractivity contribution >= 4 is 24.0 Å². The van der Waals surface area contributed by atoms with Crippen molar-refractivity contribution in [2.45, 2.75) is 6.61 Å². The Morgan fingerprint density at radius 1 is 0.938 bits per heavy atom. The first-order valence-corrected chi connectivity index (χ1v) is 9.58. The predicted octanol–water partition coefficient (Wildman–Crippen LogP) is 6.82. The molecule has 0 unspecified atom stereocenters. The normalized spacial score (nSPS) is 10.5. The maximum atomic E-state index is 13.9. The predicted molar refractivity (Wildman–Crippen MR) is 119 cm³/mol. The number of imidazole rings is 1. The van der Waals surface area contributed by atoms with E-state index in [9.17, 15) is 13.2 Å². The first kappa shape index (κ1) is 23.5. The fourth-order valence-corrected chi connectivity index (χ4v) is 3.19. The SMILES string of the molecule is COc1cc(OCc2ccc(Cl)cc2F)ccc1-c1cnc(-c2ccc(F)c(F)c2)[nH]1.Cl. The molecule has 1 aromatic heterocycles. The number of aromatic amines is 1. The van der Waals surface area contributed by atoms with Crippen molar-refractivity contribution in [1.82, 2.24) is 9.97 Å². The highest BCUT2D eigenvalue weighted by Crippen LogP contribution is 2.34. The van der Waals surface area contributed by atoms with Crippen LogP contribution in [-0.2, 0) is 6.61 Å². The van der Waals surface area contributed by atoms with Crippen molar-refractivity contribution in [3.63, 3.8) is 0 Å². The van der Waals surface area contributed by atoms with Crippen LogP contribution >= 0.6 is 24.0 Å². The lowest BCUT2D eigenvalue weighted by atomic mass is 10.1. The highest BCUT2D eigenvalue weighted by molar-refractivity contribution is 6.30. The van der Waals surface area contributed by atoms with Crippen LogP contribution in [0.15, 0.2) is 60.8 Å². The van der Waals surface area contributed by atoms with Gasteiger partial charge in [-0.25, -0.2) is 18.2 Å². The van der Waals surface area contributed by atoms with Crippen molar-refractivity contribution in [3.05, 3.63) is 88.8 Å². The lowest BCUT2D eigenvalue weighted by Crippen LogP contribution is -1.99. The number of H-pyrrole nitrogens is 1. The maximum absolute atomic E-state index is 13.9. The van der Waals surface area contributed by atoms with Gasteiger partial charge in [-0.05, 0) is 42.5 Å². The van der Waals surface area contributed by atoms with Gasteiger partial charge >= 0.3 is 0 Å².